The van der Waals surface area contributed by atoms with Crippen molar-refractivity contribution in [3.63, 3.8) is 0 Å². The number of hydrogen-bond donors (Lipinski definition) is 2. The minimum atomic E-state index is 0.427. The first-order valence-corrected chi connectivity index (χ1v) is 9.67. The molecule has 0 aliphatic heterocycles. The fraction of sp³-hybridized carbons (Fsp3) is 0.714. The topological polar surface area (TPSA) is 41.5 Å². The Morgan fingerprint density at radius 2 is 2.12 bits per heavy atom. The largest absolute Gasteiger partial charge is 0.508 e. The third-order valence-electron chi connectivity index (χ3n) is 7.41. The van der Waals surface area contributed by atoms with Crippen LogP contribution in [-0.4, -0.2) is 31.4 Å². The van der Waals surface area contributed by atoms with Crippen LogP contribution in [0.25, 0.3) is 0 Å². The molecular weight excluding hydrogens is 298 g/mol. The number of rotatable bonds is 4. The number of nitrogens with one attached hydrogen (secondary N) is 1. The van der Waals surface area contributed by atoms with Crippen LogP contribution in [0.2, 0.25) is 0 Å². The standard InChI is InChI=1S/C21H31NO2/c1-21-10-9-17-16-6-4-15(23)13-14(16)3-5-18(17)19(21)7-8-20(21)22-11-12-24-2/h4,6,13,17-20,22-23H,3,5,7-12H2,1-2H3/t17?,18?,19?,20-,21-/m0/s1. The highest BCUT2D eigenvalue weighted by molar-refractivity contribution is 5.40. The third-order valence-corrected chi connectivity index (χ3v) is 7.41. The minimum absolute atomic E-state index is 0.427. The summed E-state index contributed by atoms with van der Waals surface area (Å²) in [6.07, 6.45) is 7.75. The maximum absolute atomic E-state index is 9.79. The van der Waals surface area contributed by atoms with Gasteiger partial charge in [0.1, 0.15) is 5.75 Å². The van der Waals surface area contributed by atoms with Crippen LogP contribution in [0.15, 0.2) is 18.2 Å². The summed E-state index contributed by atoms with van der Waals surface area (Å²) in [5, 5.41) is 13.6. The predicted octanol–water partition coefficient (Wildman–Crippen LogP) is 3.85. The Balaban J connectivity index is 1.54. The molecule has 3 aliphatic carbocycles. The number of ether oxygens (including phenoxy) is 1. The SMILES string of the molecule is COCCN[C@H]1CCC2C3CCc4cc(O)ccc4C3CC[C@@]21C. The van der Waals surface area contributed by atoms with Crippen LogP contribution in [0, 0.1) is 17.3 Å². The molecule has 3 aliphatic rings. The van der Waals surface area contributed by atoms with Crippen LogP contribution in [0.5, 0.6) is 5.75 Å². The van der Waals surface area contributed by atoms with E-state index in [0.717, 1.165) is 31.4 Å². The molecule has 5 atom stereocenters. The van der Waals surface area contributed by atoms with E-state index < -0.39 is 0 Å². The fourth-order valence-corrected chi connectivity index (χ4v) is 6.24. The quantitative estimate of drug-likeness (QED) is 0.824. The molecular formula is C21H31NO2. The van der Waals surface area contributed by atoms with Crippen LogP contribution in [0.1, 0.15) is 56.1 Å². The zero-order valence-corrected chi connectivity index (χ0v) is 15.1. The van der Waals surface area contributed by atoms with Gasteiger partial charge >= 0.3 is 0 Å². The lowest BCUT2D eigenvalue weighted by Crippen LogP contribution is -2.49. The van der Waals surface area contributed by atoms with Crippen molar-refractivity contribution >= 4 is 0 Å². The summed E-state index contributed by atoms with van der Waals surface area (Å²) < 4.78 is 5.22. The zero-order valence-electron chi connectivity index (χ0n) is 15.1. The molecule has 1 aromatic carbocycles. The Bertz CT molecular complexity index is 602. The van der Waals surface area contributed by atoms with E-state index >= 15 is 0 Å². The molecule has 1 aromatic rings. The molecule has 3 heteroatoms. The summed E-state index contributed by atoms with van der Waals surface area (Å²) in [6, 6.07) is 6.75. The van der Waals surface area contributed by atoms with Gasteiger partial charge in [0.25, 0.3) is 0 Å². The molecule has 24 heavy (non-hydrogen) atoms. The zero-order chi connectivity index (χ0) is 16.7. The van der Waals surface area contributed by atoms with Crippen molar-refractivity contribution in [2.75, 3.05) is 20.3 Å². The van der Waals surface area contributed by atoms with Gasteiger partial charge in [0.15, 0.2) is 0 Å². The molecule has 0 radical (unpaired) electrons. The van der Waals surface area contributed by atoms with Gasteiger partial charge in [-0.15, -0.1) is 0 Å². The van der Waals surface area contributed by atoms with Crippen LogP contribution in [0.3, 0.4) is 0 Å². The number of hydrogen-bond acceptors (Lipinski definition) is 3. The molecule has 132 valence electrons. The van der Waals surface area contributed by atoms with Gasteiger partial charge < -0.3 is 15.2 Å². The monoisotopic (exact) mass is 329 g/mol. The fourth-order valence-electron chi connectivity index (χ4n) is 6.24. The van der Waals surface area contributed by atoms with E-state index in [-0.39, 0.29) is 0 Å². The number of fused-ring (bicyclic) bond motifs is 5. The Morgan fingerprint density at radius 1 is 1.25 bits per heavy atom. The van der Waals surface area contributed by atoms with Crippen molar-refractivity contribution < 1.29 is 9.84 Å². The summed E-state index contributed by atoms with van der Waals surface area (Å²) in [7, 11) is 1.78. The molecule has 3 nitrogen and oxygen atoms in total. The maximum Gasteiger partial charge on any atom is 0.115 e. The van der Waals surface area contributed by atoms with E-state index in [1.54, 1.807) is 7.11 Å². The number of aryl methyl sites for hydroxylation is 1. The van der Waals surface area contributed by atoms with Crippen molar-refractivity contribution in [2.24, 2.45) is 17.3 Å². The maximum atomic E-state index is 9.79. The Labute approximate surface area is 145 Å². The van der Waals surface area contributed by atoms with Gasteiger partial charge in [-0.1, -0.05) is 13.0 Å². The Morgan fingerprint density at radius 3 is 2.96 bits per heavy atom. The first kappa shape index (κ1) is 16.4. The van der Waals surface area contributed by atoms with Gasteiger partial charge in [-0.3, -0.25) is 0 Å². The van der Waals surface area contributed by atoms with Crippen LogP contribution in [-0.2, 0) is 11.2 Å². The summed E-state index contributed by atoms with van der Waals surface area (Å²) in [6.45, 7) is 4.32. The van der Waals surface area contributed by atoms with Gasteiger partial charge in [0.05, 0.1) is 6.61 Å². The number of methoxy groups -OCH3 is 1. The molecule has 0 bridgehead atoms. The number of phenols is 1. The van der Waals surface area contributed by atoms with Crippen molar-refractivity contribution in [1.29, 1.82) is 0 Å². The lowest BCUT2D eigenvalue weighted by atomic mass is 9.55. The average Bonchev–Trinajstić information content (AvgIpc) is 2.91. The molecule has 0 aromatic heterocycles. The summed E-state index contributed by atoms with van der Waals surface area (Å²) in [5.74, 6) is 2.81. The van der Waals surface area contributed by atoms with E-state index in [2.05, 4.69) is 18.3 Å². The van der Waals surface area contributed by atoms with Gasteiger partial charge in [-0.05, 0) is 85.0 Å². The van der Waals surface area contributed by atoms with Crippen LogP contribution < -0.4 is 5.32 Å². The van der Waals surface area contributed by atoms with Crippen molar-refractivity contribution in [3.05, 3.63) is 29.3 Å². The van der Waals surface area contributed by atoms with E-state index in [1.807, 2.05) is 12.1 Å². The summed E-state index contributed by atoms with van der Waals surface area (Å²) >= 11 is 0. The first-order chi connectivity index (χ1) is 11.6. The molecule has 2 fully saturated rings. The average molecular weight is 329 g/mol. The second-order valence-corrected chi connectivity index (χ2v) is 8.42. The second kappa shape index (κ2) is 6.34. The van der Waals surface area contributed by atoms with Gasteiger partial charge in [0.2, 0.25) is 0 Å². The Hall–Kier alpha value is -1.06. The molecule has 0 heterocycles. The number of aromatic hydroxyl groups is 1. The minimum Gasteiger partial charge on any atom is -0.508 e. The van der Waals surface area contributed by atoms with Gasteiger partial charge in [0, 0.05) is 19.7 Å². The second-order valence-electron chi connectivity index (χ2n) is 8.42. The van der Waals surface area contributed by atoms with E-state index in [9.17, 15) is 5.11 Å². The van der Waals surface area contributed by atoms with E-state index in [4.69, 9.17) is 4.74 Å². The molecule has 0 amide bonds. The van der Waals surface area contributed by atoms with E-state index in [0.29, 0.717) is 23.1 Å². The predicted molar refractivity (Wildman–Crippen MR) is 96.4 cm³/mol. The molecule has 0 saturated heterocycles. The summed E-state index contributed by atoms with van der Waals surface area (Å²) in [4.78, 5) is 0. The van der Waals surface area contributed by atoms with Crippen molar-refractivity contribution in [3.8, 4) is 5.75 Å². The van der Waals surface area contributed by atoms with Crippen LogP contribution >= 0.6 is 0 Å². The molecule has 4 rings (SSSR count). The molecule has 3 unspecified atom stereocenters. The number of benzene rings is 1. The van der Waals surface area contributed by atoms with Crippen molar-refractivity contribution in [1.82, 2.24) is 5.32 Å². The lowest BCUT2D eigenvalue weighted by Gasteiger charge is -2.51. The van der Waals surface area contributed by atoms with Gasteiger partial charge in [-0.25, -0.2) is 0 Å². The van der Waals surface area contributed by atoms with E-state index in [1.165, 1.54) is 43.2 Å². The smallest absolute Gasteiger partial charge is 0.115 e. The lowest BCUT2D eigenvalue weighted by molar-refractivity contribution is 0.0395. The molecule has 2 N–H and O–H groups in total. The molecule has 0 spiro atoms. The number of phenolic OH excluding ortho intramolecular Hbond substituents is 1. The normalized spacial score (nSPS) is 37.6. The highest BCUT2D eigenvalue weighted by atomic mass is 16.5. The summed E-state index contributed by atoms with van der Waals surface area (Å²) in [5.41, 5.74) is 3.37. The highest BCUT2D eigenvalue weighted by Gasteiger charge is 2.54. The first-order valence-electron chi connectivity index (χ1n) is 9.67. The van der Waals surface area contributed by atoms with Crippen LogP contribution in [0.4, 0.5) is 0 Å². The Kier molecular flexibility index (Phi) is 4.34. The molecule has 2 saturated carbocycles. The highest BCUT2D eigenvalue weighted by Crippen LogP contribution is 2.60. The third kappa shape index (κ3) is 2.57. The van der Waals surface area contributed by atoms with Gasteiger partial charge in [-0.2, -0.15) is 0 Å². The van der Waals surface area contributed by atoms with Crippen molar-refractivity contribution in [2.45, 2.75) is 57.4 Å².